The summed E-state index contributed by atoms with van der Waals surface area (Å²) >= 11 is 0. The van der Waals surface area contributed by atoms with E-state index in [0.29, 0.717) is 17.5 Å². The molecule has 0 aliphatic heterocycles. The molecule has 1 fully saturated rings. The van der Waals surface area contributed by atoms with Crippen LogP contribution in [0, 0.1) is 5.41 Å². The summed E-state index contributed by atoms with van der Waals surface area (Å²) in [7, 11) is 2.09. The lowest BCUT2D eigenvalue weighted by Gasteiger charge is -2.34. The molecule has 2 unspecified atom stereocenters. The van der Waals surface area contributed by atoms with Crippen LogP contribution in [0.5, 0.6) is 0 Å². The van der Waals surface area contributed by atoms with Crippen LogP contribution >= 0.6 is 0 Å². The van der Waals surface area contributed by atoms with Crippen LogP contribution in [0.2, 0.25) is 0 Å². The third kappa shape index (κ3) is 3.97. The highest BCUT2D eigenvalue weighted by atomic mass is 15.0. The number of likely N-dealkylation sites (N-methyl/N-ethyl adjacent to an activating group) is 1. The van der Waals surface area contributed by atoms with E-state index in [9.17, 15) is 0 Å². The molecule has 0 radical (unpaired) electrons. The molecule has 1 aliphatic carbocycles. The van der Waals surface area contributed by atoms with E-state index in [1.54, 1.807) is 0 Å². The first kappa shape index (κ1) is 12.0. The number of rotatable bonds is 3. The molecule has 0 aromatic rings. The fourth-order valence-electron chi connectivity index (χ4n) is 2.16. The van der Waals surface area contributed by atoms with E-state index in [0.717, 1.165) is 6.54 Å². The van der Waals surface area contributed by atoms with E-state index >= 15 is 0 Å². The lowest BCUT2D eigenvalue weighted by atomic mass is 9.89. The van der Waals surface area contributed by atoms with Gasteiger partial charge in [-0.1, -0.05) is 33.6 Å². The first-order valence-electron chi connectivity index (χ1n) is 5.93. The summed E-state index contributed by atoms with van der Waals surface area (Å²) in [4.78, 5) is 0. The van der Waals surface area contributed by atoms with Gasteiger partial charge >= 0.3 is 0 Å². The quantitative estimate of drug-likeness (QED) is 0.726. The summed E-state index contributed by atoms with van der Waals surface area (Å²) in [5.74, 6) is 0. The smallest absolute Gasteiger partial charge is 0.0221 e. The molecule has 1 rings (SSSR count). The molecule has 84 valence electrons. The number of nitrogens with one attached hydrogen (secondary N) is 2. The molecular formula is C12H26N2. The fourth-order valence-corrected chi connectivity index (χ4v) is 2.16. The Morgan fingerprint density at radius 3 is 2.14 bits per heavy atom. The maximum absolute atomic E-state index is 3.70. The predicted octanol–water partition coefficient (Wildman–Crippen LogP) is 2.15. The SMILES string of the molecule is CNC1CCCCC1NCC(C)(C)C. The van der Waals surface area contributed by atoms with E-state index in [4.69, 9.17) is 0 Å². The molecule has 0 heterocycles. The normalized spacial score (nSPS) is 29.1. The van der Waals surface area contributed by atoms with E-state index < -0.39 is 0 Å². The van der Waals surface area contributed by atoms with Crippen molar-refractivity contribution >= 4 is 0 Å². The molecule has 1 saturated carbocycles. The van der Waals surface area contributed by atoms with Gasteiger partial charge in [0, 0.05) is 18.6 Å². The third-order valence-electron chi connectivity index (χ3n) is 3.03. The highest BCUT2D eigenvalue weighted by molar-refractivity contribution is 4.86. The third-order valence-corrected chi connectivity index (χ3v) is 3.03. The number of hydrogen-bond donors (Lipinski definition) is 2. The average Bonchev–Trinajstić information content (AvgIpc) is 2.14. The molecule has 2 N–H and O–H groups in total. The van der Waals surface area contributed by atoms with Crippen molar-refractivity contribution in [3.05, 3.63) is 0 Å². The Hall–Kier alpha value is -0.0800. The topological polar surface area (TPSA) is 24.1 Å². The Morgan fingerprint density at radius 1 is 1.07 bits per heavy atom. The molecule has 0 bridgehead atoms. The highest BCUT2D eigenvalue weighted by Crippen LogP contribution is 2.20. The zero-order valence-electron chi connectivity index (χ0n) is 10.2. The van der Waals surface area contributed by atoms with Crippen molar-refractivity contribution in [3.63, 3.8) is 0 Å². The lowest BCUT2D eigenvalue weighted by molar-refractivity contribution is 0.262. The Bertz CT molecular complexity index is 160. The second-order valence-electron chi connectivity index (χ2n) is 5.73. The van der Waals surface area contributed by atoms with Gasteiger partial charge in [-0.2, -0.15) is 0 Å². The van der Waals surface area contributed by atoms with Crippen molar-refractivity contribution in [3.8, 4) is 0 Å². The molecule has 1 aliphatic rings. The Balaban J connectivity index is 2.33. The van der Waals surface area contributed by atoms with Crippen molar-refractivity contribution in [2.75, 3.05) is 13.6 Å². The minimum atomic E-state index is 0.399. The maximum atomic E-state index is 3.70. The largest absolute Gasteiger partial charge is 0.315 e. The van der Waals surface area contributed by atoms with Crippen LogP contribution in [0.3, 0.4) is 0 Å². The van der Waals surface area contributed by atoms with Gasteiger partial charge in [0.1, 0.15) is 0 Å². The van der Waals surface area contributed by atoms with Gasteiger partial charge in [0.15, 0.2) is 0 Å². The van der Waals surface area contributed by atoms with Crippen molar-refractivity contribution in [1.29, 1.82) is 0 Å². The molecule has 0 spiro atoms. The van der Waals surface area contributed by atoms with Gasteiger partial charge in [0.25, 0.3) is 0 Å². The van der Waals surface area contributed by atoms with Crippen LogP contribution in [0.4, 0.5) is 0 Å². The van der Waals surface area contributed by atoms with E-state index in [-0.39, 0.29) is 0 Å². The van der Waals surface area contributed by atoms with Crippen molar-refractivity contribution in [1.82, 2.24) is 10.6 Å². The molecule has 2 heteroatoms. The average molecular weight is 198 g/mol. The summed E-state index contributed by atoms with van der Waals surface area (Å²) in [5.41, 5.74) is 0.399. The maximum Gasteiger partial charge on any atom is 0.0221 e. The van der Waals surface area contributed by atoms with Gasteiger partial charge in [0.2, 0.25) is 0 Å². The van der Waals surface area contributed by atoms with Crippen molar-refractivity contribution in [2.24, 2.45) is 5.41 Å². The van der Waals surface area contributed by atoms with Crippen LogP contribution in [0.1, 0.15) is 46.5 Å². The minimum Gasteiger partial charge on any atom is -0.315 e. The summed E-state index contributed by atoms with van der Waals surface area (Å²) in [6, 6.07) is 1.37. The monoisotopic (exact) mass is 198 g/mol. The zero-order chi connectivity index (χ0) is 10.6. The lowest BCUT2D eigenvalue weighted by Crippen LogP contribution is -2.50. The summed E-state index contributed by atoms with van der Waals surface area (Å²) < 4.78 is 0. The van der Waals surface area contributed by atoms with Crippen LogP contribution in [-0.2, 0) is 0 Å². The van der Waals surface area contributed by atoms with Gasteiger partial charge in [-0.05, 0) is 25.3 Å². The fraction of sp³-hybridized carbons (Fsp3) is 1.00. The molecule has 2 nitrogen and oxygen atoms in total. The van der Waals surface area contributed by atoms with E-state index in [2.05, 4.69) is 38.5 Å². The van der Waals surface area contributed by atoms with Crippen LogP contribution in [0.25, 0.3) is 0 Å². The molecule has 2 atom stereocenters. The molecular weight excluding hydrogens is 172 g/mol. The molecule has 14 heavy (non-hydrogen) atoms. The Kier molecular flexibility index (Phi) is 4.39. The Labute approximate surface area is 88.8 Å². The molecule has 0 aromatic heterocycles. The number of hydrogen-bond acceptors (Lipinski definition) is 2. The van der Waals surface area contributed by atoms with E-state index in [1.807, 2.05) is 0 Å². The standard InChI is InChI=1S/C12H26N2/c1-12(2,3)9-14-11-8-6-5-7-10(11)13-4/h10-11,13-14H,5-9H2,1-4H3. The predicted molar refractivity (Wildman–Crippen MR) is 62.6 cm³/mol. The van der Waals surface area contributed by atoms with Crippen LogP contribution in [0.15, 0.2) is 0 Å². The van der Waals surface area contributed by atoms with Gasteiger partial charge in [-0.3, -0.25) is 0 Å². The first-order valence-corrected chi connectivity index (χ1v) is 5.93. The van der Waals surface area contributed by atoms with Gasteiger partial charge < -0.3 is 10.6 Å². The summed E-state index contributed by atoms with van der Waals surface area (Å²) in [5, 5.41) is 7.13. The molecule has 0 amide bonds. The first-order chi connectivity index (χ1) is 6.53. The summed E-state index contributed by atoms with van der Waals surface area (Å²) in [6.45, 7) is 7.99. The van der Waals surface area contributed by atoms with Crippen molar-refractivity contribution < 1.29 is 0 Å². The highest BCUT2D eigenvalue weighted by Gasteiger charge is 2.24. The molecule has 0 saturated heterocycles. The Morgan fingerprint density at radius 2 is 1.64 bits per heavy atom. The van der Waals surface area contributed by atoms with Crippen molar-refractivity contribution in [2.45, 2.75) is 58.5 Å². The molecule has 0 aromatic carbocycles. The van der Waals surface area contributed by atoms with Gasteiger partial charge in [-0.25, -0.2) is 0 Å². The second kappa shape index (κ2) is 5.13. The minimum absolute atomic E-state index is 0.399. The van der Waals surface area contributed by atoms with Gasteiger partial charge in [0.05, 0.1) is 0 Å². The zero-order valence-corrected chi connectivity index (χ0v) is 10.2. The van der Waals surface area contributed by atoms with Gasteiger partial charge in [-0.15, -0.1) is 0 Å². The van der Waals surface area contributed by atoms with Crippen LogP contribution in [-0.4, -0.2) is 25.7 Å². The van der Waals surface area contributed by atoms with Crippen LogP contribution < -0.4 is 10.6 Å². The summed E-state index contributed by atoms with van der Waals surface area (Å²) in [6.07, 6.45) is 5.44. The second-order valence-corrected chi connectivity index (χ2v) is 5.73. The van der Waals surface area contributed by atoms with E-state index in [1.165, 1.54) is 25.7 Å².